The topological polar surface area (TPSA) is 30.5 Å². The molecule has 4 unspecified atom stereocenters. The fraction of sp³-hybridized carbons (Fsp3) is 1.00. The Hall–Kier alpha value is -0.120. The number of fused-ring (bicyclic) bond motifs is 1. The monoisotopic (exact) mass is 241 g/mol. The van der Waals surface area contributed by atoms with E-state index in [0.717, 1.165) is 19.6 Å². The number of hydrogen-bond donors (Lipinski definition) is 1. The third-order valence-electron chi connectivity index (χ3n) is 4.61. The SMILES string of the molecule is CCC(COC)NC1C2CCCOC2C1(C)C. The van der Waals surface area contributed by atoms with Crippen molar-refractivity contribution >= 4 is 0 Å². The maximum atomic E-state index is 5.93. The van der Waals surface area contributed by atoms with E-state index in [9.17, 15) is 0 Å². The second-order valence-corrected chi connectivity index (χ2v) is 6.12. The van der Waals surface area contributed by atoms with Crippen LogP contribution in [0.2, 0.25) is 0 Å². The molecular weight excluding hydrogens is 214 g/mol. The van der Waals surface area contributed by atoms with Gasteiger partial charge in [0.25, 0.3) is 0 Å². The normalized spacial score (nSPS) is 37.1. The zero-order valence-corrected chi connectivity index (χ0v) is 11.7. The van der Waals surface area contributed by atoms with Gasteiger partial charge in [-0.1, -0.05) is 20.8 Å². The van der Waals surface area contributed by atoms with Crippen LogP contribution in [0.1, 0.15) is 40.0 Å². The molecule has 0 spiro atoms. The smallest absolute Gasteiger partial charge is 0.0684 e. The summed E-state index contributed by atoms with van der Waals surface area (Å²) in [6.45, 7) is 8.64. The predicted molar refractivity (Wildman–Crippen MR) is 69.1 cm³/mol. The van der Waals surface area contributed by atoms with Crippen molar-refractivity contribution in [3.8, 4) is 0 Å². The molecule has 0 aromatic carbocycles. The first-order valence-corrected chi connectivity index (χ1v) is 6.97. The second-order valence-electron chi connectivity index (χ2n) is 6.12. The van der Waals surface area contributed by atoms with Gasteiger partial charge in [0, 0.05) is 37.1 Å². The standard InChI is InChI=1S/C14H27NO2/c1-5-10(9-16-4)15-12-11-7-6-8-17-13(11)14(12,2)3/h10-13,15H,5-9H2,1-4H3. The zero-order valence-electron chi connectivity index (χ0n) is 11.7. The molecule has 17 heavy (non-hydrogen) atoms. The van der Waals surface area contributed by atoms with Gasteiger partial charge in [0.2, 0.25) is 0 Å². The maximum Gasteiger partial charge on any atom is 0.0684 e. The first kappa shape index (κ1) is 13.3. The van der Waals surface area contributed by atoms with Gasteiger partial charge in [0.1, 0.15) is 0 Å². The van der Waals surface area contributed by atoms with Crippen molar-refractivity contribution in [2.45, 2.75) is 58.2 Å². The van der Waals surface area contributed by atoms with Crippen molar-refractivity contribution < 1.29 is 9.47 Å². The Labute approximate surface area is 105 Å². The Morgan fingerprint density at radius 1 is 1.47 bits per heavy atom. The van der Waals surface area contributed by atoms with E-state index in [1.54, 1.807) is 7.11 Å². The lowest BCUT2D eigenvalue weighted by Gasteiger charge is -2.60. The van der Waals surface area contributed by atoms with E-state index in [2.05, 4.69) is 26.1 Å². The molecule has 0 radical (unpaired) electrons. The van der Waals surface area contributed by atoms with Crippen molar-refractivity contribution in [1.29, 1.82) is 0 Å². The van der Waals surface area contributed by atoms with Gasteiger partial charge in [-0.15, -0.1) is 0 Å². The predicted octanol–water partition coefficient (Wildman–Crippen LogP) is 2.20. The molecule has 3 nitrogen and oxygen atoms in total. The summed E-state index contributed by atoms with van der Waals surface area (Å²) in [6, 6.07) is 1.07. The van der Waals surface area contributed by atoms with E-state index >= 15 is 0 Å². The molecule has 1 heterocycles. The van der Waals surface area contributed by atoms with Crippen LogP contribution in [0.25, 0.3) is 0 Å². The quantitative estimate of drug-likeness (QED) is 0.800. The van der Waals surface area contributed by atoms with Gasteiger partial charge >= 0.3 is 0 Å². The van der Waals surface area contributed by atoms with Crippen LogP contribution in [0.15, 0.2) is 0 Å². The fourth-order valence-corrected chi connectivity index (χ4v) is 3.60. The Bertz CT molecular complexity index is 255. The summed E-state index contributed by atoms with van der Waals surface area (Å²) in [6.07, 6.45) is 4.12. The summed E-state index contributed by atoms with van der Waals surface area (Å²) in [5.41, 5.74) is 0.270. The molecule has 3 heteroatoms. The lowest BCUT2D eigenvalue weighted by Crippen LogP contribution is -2.70. The number of rotatable bonds is 5. The molecular formula is C14H27NO2. The molecule has 1 N–H and O–H groups in total. The number of ether oxygens (including phenoxy) is 2. The van der Waals surface area contributed by atoms with Crippen LogP contribution in [0, 0.1) is 11.3 Å². The van der Waals surface area contributed by atoms with Crippen LogP contribution in [0.5, 0.6) is 0 Å². The van der Waals surface area contributed by atoms with E-state index < -0.39 is 0 Å². The molecule has 1 saturated carbocycles. The number of nitrogens with one attached hydrogen (secondary N) is 1. The molecule has 4 atom stereocenters. The third-order valence-corrected chi connectivity index (χ3v) is 4.61. The highest BCUT2D eigenvalue weighted by molar-refractivity contribution is 5.10. The lowest BCUT2D eigenvalue weighted by molar-refractivity contribution is -0.195. The second kappa shape index (κ2) is 5.25. The molecule has 0 bridgehead atoms. The molecule has 1 aliphatic heterocycles. The minimum absolute atomic E-state index is 0.270. The van der Waals surface area contributed by atoms with E-state index in [0.29, 0.717) is 24.1 Å². The van der Waals surface area contributed by atoms with Gasteiger partial charge in [-0.25, -0.2) is 0 Å². The highest BCUT2D eigenvalue weighted by Crippen LogP contribution is 2.51. The highest BCUT2D eigenvalue weighted by Gasteiger charge is 2.57. The van der Waals surface area contributed by atoms with E-state index in [4.69, 9.17) is 9.47 Å². The Balaban J connectivity index is 1.95. The van der Waals surface area contributed by atoms with Crippen LogP contribution < -0.4 is 5.32 Å². The zero-order chi connectivity index (χ0) is 12.5. The summed E-state index contributed by atoms with van der Waals surface area (Å²) >= 11 is 0. The van der Waals surface area contributed by atoms with Crippen molar-refractivity contribution in [3.05, 3.63) is 0 Å². The summed E-state index contributed by atoms with van der Waals surface area (Å²) in [4.78, 5) is 0. The van der Waals surface area contributed by atoms with Crippen molar-refractivity contribution in [2.75, 3.05) is 20.3 Å². The first-order chi connectivity index (χ1) is 8.11. The molecule has 0 amide bonds. The van der Waals surface area contributed by atoms with Crippen molar-refractivity contribution in [1.82, 2.24) is 5.32 Å². The molecule has 1 saturated heterocycles. The van der Waals surface area contributed by atoms with Gasteiger partial charge in [0.05, 0.1) is 12.7 Å². The third kappa shape index (κ3) is 2.38. The van der Waals surface area contributed by atoms with Crippen LogP contribution in [-0.4, -0.2) is 38.5 Å². The summed E-state index contributed by atoms with van der Waals surface area (Å²) in [7, 11) is 1.78. The van der Waals surface area contributed by atoms with E-state index in [-0.39, 0.29) is 5.41 Å². The summed E-state index contributed by atoms with van der Waals surface area (Å²) < 4.78 is 11.2. The molecule has 2 fully saturated rings. The van der Waals surface area contributed by atoms with E-state index in [1.165, 1.54) is 12.8 Å². The van der Waals surface area contributed by atoms with Gasteiger partial charge in [-0.3, -0.25) is 0 Å². The van der Waals surface area contributed by atoms with Crippen LogP contribution in [0.3, 0.4) is 0 Å². The Kier molecular flexibility index (Phi) is 4.11. The largest absolute Gasteiger partial charge is 0.383 e. The summed E-state index contributed by atoms with van der Waals surface area (Å²) in [5, 5.41) is 3.79. The van der Waals surface area contributed by atoms with Crippen molar-refractivity contribution in [2.24, 2.45) is 11.3 Å². The molecule has 0 aromatic heterocycles. The van der Waals surface area contributed by atoms with Gasteiger partial charge < -0.3 is 14.8 Å². The average Bonchev–Trinajstić information content (AvgIpc) is 2.34. The number of hydrogen-bond acceptors (Lipinski definition) is 3. The maximum absolute atomic E-state index is 5.93. The van der Waals surface area contributed by atoms with Crippen LogP contribution >= 0.6 is 0 Å². The molecule has 100 valence electrons. The fourth-order valence-electron chi connectivity index (χ4n) is 3.60. The Morgan fingerprint density at radius 3 is 2.88 bits per heavy atom. The van der Waals surface area contributed by atoms with Crippen molar-refractivity contribution in [3.63, 3.8) is 0 Å². The van der Waals surface area contributed by atoms with Gasteiger partial charge in [-0.2, -0.15) is 0 Å². The van der Waals surface area contributed by atoms with Gasteiger partial charge in [0.15, 0.2) is 0 Å². The first-order valence-electron chi connectivity index (χ1n) is 6.97. The highest BCUT2D eigenvalue weighted by atomic mass is 16.5. The minimum Gasteiger partial charge on any atom is -0.383 e. The van der Waals surface area contributed by atoms with E-state index in [1.807, 2.05) is 0 Å². The van der Waals surface area contributed by atoms with Gasteiger partial charge in [-0.05, 0) is 19.3 Å². The minimum atomic E-state index is 0.270. The Morgan fingerprint density at radius 2 is 2.24 bits per heavy atom. The average molecular weight is 241 g/mol. The lowest BCUT2D eigenvalue weighted by atomic mass is 9.55. The van der Waals surface area contributed by atoms with Crippen LogP contribution in [-0.2, 0) is 9.47 Å². The summed E-state index contributed by atoms with van der Waals surface area (Å²) in [5.74, 6) is 0.713. The van der Waals surface area contributed by atoms with Crippen LogP contribution in [0.4, 0.5) is 0 Å². The molecule has 2 rings (SSSR count). The molecule has 1 aliphatic carbocycles. The molecule has 2 aliphatic rings. The number of methoxy groups -OCH3 is 1. The molecule has 0 aromatic rings.